The van der Waals surface area contributed by atoms with Crippen LogP contribution in [-0.4, -0.2) is 36.2 Å². The van der Waals surface area contributed by atoms with E-state index >= 15 is 0 Å². The van der Waals surface area contributed by atoms with Gasteiger partial charge in [0.15, 0.2) is 0 Å². The molecule has 0 spiro atoms. The van der Waals surface area contributed by atoms with Gasteiger partial charge in [-0.25, -0.2) is 0 Å². The summed E-state index contributed by atoms with van der Waals surface area (Å²) in [5, 5.41) is 5.59. The highest BCUT2D eigenvalue weighted by Gasteiger charge is 2.27. The van der Waals surface area contributed by atoms with Crippen LogP contribution in [0.15, 0.2) is 54.6 Å². The van der Waals surface area contributed by atoms with Crippen LogP contribution < -0.4 is 4.74 Å². The van der Waals surface area contributed by atoms with Crippen molar-refractivity contribution in [1.82, 2.24) is 9.78 Å². The van der Waals surface area contributed by atoms with Crippen molar-refractivity contribution in [2.24, 2.45) is 0 Å². The Morgan fingerprint density at radius 1 is 1.00 bits per heavy atom. The third kappa shape index (κ3) is 5.67. The molecule has 166 valence electrons. The van der Waals surface area contributed by atoms with Crippen molar-refractivity contribution in [3.63, 3.8) is 0 Å². The highest BCUT2D eigenvalue weighted by Crippen LogP contribution is 2.28. The Labute approximate surface area is 189 Å². The quantitative estimate of drug-likeness (QED) is 0.366. The van der Waals surface area contributed by atoms with Gasteiger partial charge in [-0.15, -0.1) is 0 Å². The summed E-state index contributed by atoms with van der Waals surface area (Å²) in [5.41, 5.74) is 3.59. The Balaban J connectivity index is 1.94. The molecule has 0 aliphatic carbocycles. The maximum atomic E-state index is 6.42. The number of methoxy groups -OCH3 is 2. The molecule has 3 rings (SSSR count). The fourth-order valence-corrected chi connectivity index (χ4v) is 3.85. The first-order valence-electron chi connectivity index (χ1n) is 10.6. The molecule has 0 N–H and O–H groups in total. The number of benzene rings is 2. The van der Waals surface area contributed by atoms with Crippen molar-refractivity contribution in [3.8, 4) is 17.0 Å². The van der Waals surface area contributed by atoms with Crippen molar-refractivity contribution in [3.05, 3.63) is 70.9 Å². The molecular weight excluding hydrogens is 412 g/mol. The molecular formula is C25H31ClN2O3. The molecule has 31 heavy (non-hydrogen) atoms. The standard InChI is InChI=1S/C25H31ClN2O3/c1-5-25(6-2,18-29-3)31-17-21-15-24(19-11-9-12-22(14-19)30-4)28(27-21)16-20-10-7-8-13-23(20)26/h7-15H,5-6,16-18H2,1-4H3. The topological polar surface area (TPSA) is 45.5 Å². The van der Waals surface area contributed by atoms with E-state index in [0.29, 0.717) is 19.8 Å². The van der Waals surface area contributed by atoms with Gasteiger partial charge in [-0.1, -0.05) is 55.8 Å². The zero-order valence-electron chi connectivity index (χ0n) is 18.7. The molecule has 0 bridgehead atoms. The minimum absolute atomic E-state index is 0.308. The van der Waals surface area contributed by atoms with Crippen molar-refractivity contribution < 1.29 is 14.2 Å². The average molecular weight is 443 g/mol. The highest BCUT2D eigenvalue weighted by molar-refractivity contribution is 6.31. The first-order chi connectivity index (χ1) is 15.0. The smallest absolute Gasteiger partial charge is 0.119 e. The normalized spacial score (nSPS) is 11.6. The third-order valence-electron chi connectivity index (χ3n) is 5.70. The molecule has 5 nitrogen and oxygen atoms in total. The van der Waals surface area contributed by atoms with Gasteiger partial charge in [0.25, 0.3) is 0 Å². The van der Waals surface area contributed by atoms with Gasteiger partial charge in [-0.3, -0.25) is 4.68 Å². The fraction of sp³-hybridized carbons (Fsp3) is 0.400. The van der Waals surface area contributed by atoms with Crippen LogP contribution in [0.2, 0.25) is 5.02 Å². The summed E-state index contributed by atoms with van der Waals surface area (Å²) in [6.45, 7) is 5.79. The van der Waals surface area contributed by atoms with E-state index in [-0.39, 0.29) is 5.60 Å². The van der Waals surface area contributed by atoms with Gasteiger partial charge in [-0.2, -0.15) is 5.10 Å². The lowest BCUT2D eigenvalue weighted by atomic mass is 9.98. The second-order valence-electron chi connectivity index (χ2n) is 7.61. The lowest BCUT2D eigenvalue weighted by Crippen LogP contribution is -2.36. The number of hydrogen-bond acceptors (Lipinski definition) is 4. The summed E-state index contributed by atoms with van der Waals surface area (Å²) in [6.07, 6.45) is 1.75. The van der Waals surface area contributed by atoms with Crippen LogP contribution in [0.1, 0.15) is 37.9 Å². The molecule has 0 atom stereocenters. The molecule has 0 unspecified atom stereocenters. The summed E-state index contributed by atoms with van der Waals surface area (Å²) in [7, 11) is 3.38. The van der Waals surface area contributed by atoms with Crippen LogP contribution in [-0.2, 0) is 22.6 Å². The maximum absolute atomic E-state index is 6.42. The number of ether oxygens (including phenoxy) is 3. The number of hydrogen-bond donors (Lipinski definition) is 0. The Hall–Kier alpha value is -2.34. The molecule has 6 heteroatoms. The van der Waals surface area contributed by atoms with Gasteiger partial charge in [-0.05, 0) is 42.7 Å². The zero-order chi connectivity index (χ0) is 22.3. The minimum atomic E-state index is -0.308. The van der Waals surface area contributed by atoms with Crippen LogP contribution in [0.4, 0.5) is 0 Å². The van der Waals surface area contributed by atoms with E-state index in [1.165, 1.54) is 0 Å². The molecule has 0 radical (unpaired) electrons. The summed E-state index contributed by atoms with van der Waals surface area (Å²) in [4.78, 5) is 0. The predicted octanol–water partition coefficient (Wildman–Crippen LogP) is 5.98. The van der Waals surface area contributed by atoms with Crippen LogP contribution >= 0.6 is 11.6 Å². The van der Waals surface area contributed by atoms with Crippen LogP contribution in [0.3, 0.4) is 0 Å². The first-order valence-corrected chi connectivity index (χ1v) is 11.0. The number of aromatic nitrogens is 2. The number of halogens is 1. The Morgan fingerprint density at radius 3 is 2.45 bits per heavy atom. The van der Waals surface area contributed by atoms with Crippen LogP contribution in [0, 0.1) is 0 Å². The molecule has 2 aromatic carbocycles. The number of rotatable bonds is 11. The molecule has 1 heterocycles. The second-order valence-corrected chi connectivity index (χ2v) is 8.02. The average Bonchev–Trinajstić information content (AvgIpc) is 3.21. The van der Waals surface area contributed by atoms with E-state index in [9.17, 15) is 0 Å². The molecule has 0 saturated heterocycles. The molecule has 0 fully saturated rings. The van der Waals surface area contributed by atoms with Gasteiger partial charge >= 0.3 is 0 Å². The highest BCUT2D eigenvalue weighted by atomic mass is 35.5. The Kier molecular flexibility index (Phi) is 8.13. The van der Waals surface area contributed by atoms with Gasteiger partial charge in [0, 0.05) is 17.7 Å². The predicted molar refractivity (Wildman–Crippen MR) is 125 cm³/mol. The monoisotopic (exact) mass is 442 g/mol. The van der Waals surface area contributed by atoms with Gasteiger partial charge in [0.2, 0.25) is 0 Å². The summed E-state index contributed by atoms with van der Waals surface area (Å²) < 4.78 is 19.1. The second kappa shape index (κ2) is 10.8. The lowest BCUT2D eigenvalue weighted by molar-refractivity contribution is -0.103. The van der Waals surface area contributed by atoms with E-state index in [2.05, 4.69) is 26.0 Å². The molecule has 0 amide bonds. The van der Waals surface area contributed by atoms with Gasteiger partial charge < -0.3 is 14.2 Å². The molecule has 1 aromatic heterocycles. The fourth-order valence-electron chi connectivity index (χ4n) is 3.65. The van der Waals surface area contributed by atoms with Crippen molar-refractivity contribution in [2.45, 2.75) is 45.4 Å². The Morgan fingerprint density at radius 2 is 1.77 bits per heavy atom. The SMILES string of the molecule is CCC(CC)(COC)OCc1cc(-c2cccc(OC)c2)n(Cc2ccccc2Cl)n1. The molecule has 3 aromatic rings. The number of nitrogens with zero attached hydrogens (tertiary/aromatic N) is 2. The van der Waals surface area contributed by atoms with Crippen LogP contribution in [0.25, 0.3) is 11.3 Å². The van der Waals surface area contributed by atoms with Gasteiger partial charge in [0.1, 0.15) is 5.75 Å². The summed E-state index contributed by atoms with van der Waals surface area (Å²) >= 11 is 6.42. The van der Waals surface area contributed by atoms with E-state index in [1.54, 1.807) is 14.2 Å². The minimum Gasteiger partial charge on any atom is -0.497 e. The van der Waals surface area contributed by atoms with Crippen molar-refractivity contribution >= 4 is 11.6 Å². The Bertz CT molecular complexity index is 982. The maximum Gasteiger partial charge on any atom is 0.119 e. The van der Waals surface area contributed by atoms with Gasteiger partial charge in [0.05, 0.1) is 43.9 Å². The lowest BCUT2D eigenvalue weighted by Gasteiger charge is -2.30. The van der Waals surface area contributed by atoms with E-state index < -0.39 is 0 Å². The third-order valence-corrected chi connectivity index (χ3v) is 6.07. The molecule has 0 saturated carbocycles. The molecule has 0 aliphatic heterocycles. The van der Waals surface area contributed by atoms with E-state index in [1.807, 2.05) is 47.1 Å². The molecule has 0 aliphatic rings. The summed E-state index contributed by atoms with van der Waals surface area (Å²) in [5.74, 6) is 0.803. The van der Waals surface area contributed by atoms with E-state index in [4.69, 9.17) is 30.9 Å². The summed E-state index contributed by atoms with van der Waals surface area (Å²) in [6, 6.07) is 17.9. The van der Waals surface area contributed by atoms with E-state index in [0.717, 1.165) is 46.1 Å². The van der Waals surface area contributed by atoms with Crippen molar-refractivity contribution in [1.29, 1.82) is 0 Å². The first kappa shape index (κ1) is 23.3. The zero-order valence-corrected chi connectivity index (χ0v) is 19.5. The van der Waals surface area contributed by atoms with Crippen LogP contribution in [0.5, 0.6) is 5.75 Å². The van der Waals surface area contributed by atoms with Crippen molar-refractivity contribution in [2.75, 3.05) is 20.8 Å². The largest absolute Gasteiger partial charge is 0.497 e.